The Morgan fingerprint density at radius 1 is 1.67 bits per heavy atom. The van der Waals surface area contributed by atoms with Crippen LogP contribution in [0.4, 0.5) is 0 Å². The highest BCUT2D eigenvalue weighted by Crippen LogP contribution is 2.17. The number of nitrogens with zero attached hydrogens (tertiary/aromatic N) is 1. The summed E-state index contributed by atoms with van der Waals surface area (Å²) in [6, 6.07) is 0. The zero-order chi connectivity index (χ0) is 8.97. The van der Waals surface area contributed by atoms with E-state index < -0.39 is 0 Å². The summed E-state index contributed by atoms with van der Waals surface area (Å²) in [6.07, 6.45) is 4.45. The number of rotatable bonds is 2. The summed E-state index contributed by atoms with van der Waals surface area (Å²) >= 11 is 0. The van der Waals surface area contributed by atoms with E-state index in [1.165, 1.54) is 6.08 Å². The molecule has 12 heavy (non-hydrogen) atoms. The lowest BCUT2D eigenvalue weighted by Crippen LogP contribution is -2.43. The van der Waals surface area contributed by atoms with E-state index in [0.717, 1.165) is 25.8 Å². The van der Waals surface area contributed by atoms with Crippen LogP contribution in [0.1, 0.15) is 19.3 Å². The maximum Gasteiger partial charge on any atom is 0.247 e. The summed E-state index contributed by atoms with van der Waals surface area (Å²) in [5.41, 5.74) is 0. The quantitative estimate of drug-likeness (QED) is 0.580. The van der Waals surface area contributed by atoms with E-state index in [1.54, 1.807) is 12.0 Å². The van der Waals surface area contributed by atoms with Gasteiger partial charge >= 0.3 is 0 Å². The highest BCUT2D eigenvalue weighted by Gasteiger charge is 2.24. The topological polar surface area (TPSA) is 29.5 Å². The van der Waals surface area contributed by atoms with Crippen LogP contribution in [0.3, 0.4) is 0 Å². The molecule has 1 unspecified atom stereocenters. The summed E-state index contributed by atoms with van der Waals surface area (Å²) < 4.78 is 5.18. The predicted octanol–water partition coefficient (Wildman–Crippen LogP) is 1.16. The van der Waals surface area contributed by atoms with E-state index in [4.69, 9.17) is 4.74 Å². The van der Waals surface area contributed by atoms with Crippen molar-refractivity contribution < 1.29 is 9.53 Å². The third-order valence-corrected chi connectivity index (χ3v) is 2.18. The molecule has 3 heteroatoms. The van der Waals surface area contributed by atoms with Gasteiger partial charge in [0.25, 0.3) is 0 Å². The van der Waals surface area contributed by atoms with Crippen molar-refractivity contribution in [3.63, 3.8) is 0 Å². The fraction of sp³-hybridized carbons (Fsp3) is 0.667. The van der Waals surface area contributed by atoms with Gasteiger partial charge in [-0.3, -0.25) is 4.79 Å². The number of hydrogen-bond acceptors (Lipinski definition) is 2. The van der Waals surface area contributed by atoms with E-state index in [2.05, 4.69) is 6.58 Å². The smallest absolute Gasteiger partial charge is 0.247 e. The van der Waals surface area contributed by atoms with Gasteiger partial charge in [-0.25, -0.2) is 0 Å². The van der Waals surface area contributed by atoms with Gasteiger partial charge in [0, 0.05) is 13.7 Å². The van der Waals surface area contributed by atoms with Crippen molar-refractivity contribution in [2.45, 2.75) is 25.5 Å². The summed E-state index contributed by atoms with van der Waals surface area (Å²) in [4.78, 5) is 13.0. The first-order valence-electron chi connectivity index (χ1n) is 4.25. The minimum absolute atomic E-state index is 0.0263. The molecule has 3 nitrogen and oxygen atoms in total. The number of carbonyl (C=O) groups is 1. The summed E-state index contributed by atoms with van der Waals surface area (Å²) in [5.74, 6) is -0.0263. The number of piperidine rings is 1. The second kappa shape index (κ2) is 4.26. The Labute approximate surface area is 73.0 Å². The van der Waals surface area contributed by atoms with Gasteiger partial charge in [-0.05, 0) is 25.3 Å². The molecular formula is C9H15NO2. The van der Waals surface area contributed by atoms with Crippen molar-refractivity contribution in [3.05, 3.63) is 12.7 Å². The standard InChI is InChI=1S/C9H15NO2/c1-3-8(11)10-7-5-4-6-9(10)12-2/h3,9H,1,4-7H2,2H3. The van der Waals surface area contributed by atoms with E-state index in [9.17, 15) is 4.79 Å². The van der Waals surface area contributed by atoms with Gasteiger partial charge in [-0.1, -0.05) is 6.58 Å². The lowest BCUT2D eigenvalue weighted by molar-refractivity contribution is -0.141. The van der Waals surface area contributed by atoms with E-state index in [-0.39, 0.29) is 12.1 Å². The Bertz CT molecular complexity index is 179. The predicted molar refractivity (Wildman–Crippen MR) is 46.6 cm³/mol. The van der Waals surface area contributed by atoms with Crippen LogP contribution in [0.2, 0.25) is 0 Å². The maximum atomic E-state index is 11.3. The molecule has 0 N–H and O–H groups in total. The number of ether oxygens (including phenoxy) is 1. The first-order chi connectivity index (χ1) is 5.79. The first kappa shape index (κ1) is 9.26. The molecule has 0 saturated carbocycles. The average molecular weight is 169 g/mol. The first-order valence-corrected chi connectivity index (χ1v) is 4.25. The monoisotopic (exact) mass is 169 g/mol. The lowest BCUT2D eigenvalue weighted by atomic mass is 10.1. The molecule has 1 saturated heterocycles. The number of hydrogen-bond donors (Lipinski definition) is 0. The number of methoxy groups -OCH3 is 1. The fourth-order valence-corrected chi connectivity index (χ4v) is 1.52. The van der Waals surface area contributed by atoms with E-state index in [1.807, 2.05) is 0 Å². The third-order valence-electron chi connectivity index (χ3n) is 2.18. The van der Waals surface area contributed by atoms with Crippen molar-refractivity contribution in [2.24, 2.45) is 0 Å². The zero-order valence-corrected chi connectivity index (χ0v) is 7.45. The van der Waals surface area contributed by atoms with Crippen LogP contribution < -0.4 is 0 Å². The molecule has 1 aliphatic rings. The summed E-state index contributed by atoms with van der Waals surface area (Å²) in [7, 11) is 1.64. The second-order valence-electron chi connectivity index (χ2n) is 2.92. The molecule has 0 radical (unpaired) electrons. The van der Waals surface area contributed by atoms with Gasteiger partial charge in [0.2, 0.25) is 5.91 Å². The Morgan fingerprint density at radius 3 is 3.00 bits per heavy atom. The van der Waals surface area contributed by atoms with Gasteiger partial charge in [-0.15, -0.1) is 0 Å². The average Bonchev–Trinajstić information content (AvgIpc) is 2.16. The molecule has 0 spiro atoms. The van der Waals surface area contributed by atoms with Crippen LogP contribution in [0.5, 0.6) is 0 Å². The Hall–Kier alpha value is -0.830. The molecule has 0 aliphatic carbocycles. The van der Waals surface area contributed by atoms with Crippen LogP contribution >= 0.6 is 0 Å². The van der Waals surface area contributed by atoms with Crippen LogP contribution in [0.15, 0.2) is 12.7 Å². The van der Waals surface area contributed by atoms with Crippen LogP contribution in [0.25, 0.3) is 0 Å². The Morgan fingerprint density at radius 2 is 2.42 bits per heavy atom. The molecule has 1 atom stereocenters. The van der Waals surface area contributed by atoms with E-state index in [0.29, 0.717) is 0 Å². The number of likely N-dealkylation sites (tertiary alicyclic amines) is 1. The molecule has 0 aromatic carbocycles. The minimum atomic E-state index is -0.0377. The number of carbonyl (C=O) groups excluding carboxylic acids is 1. The molecule has 68 valence electrons. The molecule has 0 aromatic rings. The van der Waals surface area contributed by atoms with Crippen molar-refractivity contribution in [3.8, 4) is 0 Å². The largest absolute Gasteiger partial charge is 0.362 e. The van der Waals surface area contributed by atoms with E-state index >= 15 is 0 Å². The highest BCUT2D eigenvalue weighted by atomic mass is 16.5. The van der Waals surface area contributed by atoms with Crippen molar-refractivity contribution in [2.75, 3.05) is 13.7 Å². The van der Waals surface area contributed by atoms with Gasteiger partial charge in [0.15, 0.2) is 0 Å². The molecular weight excluding hydrogens is 154 g/mol. The molecule has 1 fully saturated rings. The maximum absolute atomic E-state index is 11.3. The molecule has 1 rings (SSSR count). The molecule has 0 aromatic heterocycles. The molecule has 1 amide bonds. The van der Waals surface area contributed by atoms with Gasteiger partial charge in [0.05, 0.1) is 0 Å². The molecule has 1 heterocycles. The SMILES string of the molecule is C=CC(=O)N1CCCCC1OC. The zero-order valence-electron chi connectivity index (χ0n) is 7.45. The Balaban J connectivity index is 2.58. The minimum Gasteiger partial charge on any atom is -0.362 e. The number of amides is 1. The molecule has 1 aliphatic heterocycles. The van der Waals surface area contributed by atoms with Crippen LogP contribution in [-0.4, -0.2) is 30.7 Å². The van der Waals surface area contributed by atoms with Crippen molar-refractivity contribution >= 4 is 5.91 Å². The fourth-order valence-electron chi connectivity index (χ4n) is 1.52. The van der Waals surface area contributed by atoms with Crippen LogP contribution in [-0.2, 0) is 9.53 Å². The highest BCUT2D eigenvalue weighted by molar-refractivity contribution is 5.87. The second-order valence-corrected chi connectivity index (χ2v) is 2.92. The third kappa shape index (κ3) is 1.85. The van der Waals surface area contributed by atoms with Crippen molar-refractivity contribution in [1.29, 1.82) is 0 Å². The van der Waals surface area contributed by atoms with Crippen LogP contribution in [0, 0.1) is 0 Å². The molecule has 0 bridgehead atoms. The van der Waals surface area contributed by atoms with Gasteiger partial charge in [-0.2, -0.15) is 0 Å². The summed E-state index contributed by atoms with van der Waals surface area (Å²) in [6.45, 7) is 4.25. The van der Waals surface area contributed by atoms with Gasteiger partial charge < -0.3 is 9.64 Å². The Kier molecular flexibility index (Phi) is 3.29. The van der Waals surface area contributed by atoms with Crippen molar-refractivity contribution in [1.82, 2.24) is 4.90 Å². The van der Waals surface area contributed by atoms with Gasteiger partial charge in [0.1, 0.15) is 6.23 Å². The summed E-state index contributed by atoms with van der Waals surface area (Å²) in [5, 5.41) is 0. The lowest BCUT2D eigenvalue weighted by Gasteiger charge is -2.33. The normalized spacial score (nSPS) is 23.8.